The second-order valence-corrected chi connectivity index (χ2v) is 9.69. The number of carbonyl (C=O) groups excluding carboxylic acids is 1. The molecular formula is C21H35BrO2. The number of esters is 1. The third-order valence-electron chi connectivity index (χ3n) is 6.33. The van der Waals surface area contributed by atoms with Crippen LogP contribution >= 0.6 is 15.9 Å². The lowest BCUT2D eigenvalue weighted by molar-refractivity contribution is -0.155. The highest BCUT2D eigenvalue weighted by molar-refractivity contribution is 9.11. The third kappa shape index (κ3) is 4.65. The fourth-order valence-corrected chi connectivity index (χ4v) is 5.86. The summed E-state index contributed by atoms with van der Waals surface area (Å²) in [4.78, 5) is 14.1. The number of fused-ring (bicyclic) bond motifs is 1. The van der Waals surface area contributed by atoms with Crippen LogP contribution in [0.2, 0.25) is 0 Å². The van der Waals surface area contributed by atoms with E-state index in [0.29, 0.717) is 17.8 Å². The molecule has 2 rings (SSSR count). The molecule has 0 bridgehead atoms. The second-order valence-electron chi connectivity index (χ2n) is 9.24. The molecular weight excluding hydrogens is 364 g/mol. The molecule has 0 heterocycles. The Morgan fingerprint density at radius 3 is 2.75 bits per heavy atom. The molecule has 2 saturated carbocycles. The smallest absolute Gasteiger partial charge is 0.306 e. The van der Waals surface area contributed by atoms with Gasteiger partial charge in [-0.2, -0.15) is 0 Å². The lowest BCUT2D eigenvalue weighted by Crippen LogP contribution is -2.35. The van der Waals surface area contributed by atoms with Crippen molar-refractivity contribution in [3.63, 3.8) is 0 Å². The second kappa shape index (κ2) is 7.93. The van der Waals surface area contributed by atoms with Crippen molar-refractivity contribution in [2.45, 2.75) is 91.6 Å². The van der Waals surface area contributed by atoms with Crippen molar-refractivity contribution in [2.75, 3.05) is 0 Å². The fourth-order valence-electron chi connectivity index (χ4n) is 5.31. The number of hydrogen-bond acceptors (Lipinski definition) is 2. The summed E-state index contributed by atoms with van der Waals surface area (Å²) >= 11 is 3.60. The third-order valence-corrected chi connectivity index (χ3v) is 6.91. The number of ether oxygens (including phenoxy) is 1. The number of rotatable bonds is 5. The molecule has 2 aliphatic carbocycles. The Balaban J connectivity index is 1.87. The highest BCUT2D eigenvalue weighted by Gasteiger charge is 2.50. The lowest BCUT2D eigenvalue weighted by atomic mass is 9.61. The molecule has 0 aliphatic heterocycles. The van der Waals surface area contributed by atoms with Gasteiger partial charge in [-0.1, -0.05) is 35.4 Å². The molecule has 24 heavy (non-hydrogen) atoms. The standard InChI is InChI=1S/C21H35BrO2/c1-15(8-6-10-19(23)24-20(2,3)4)17-11-12-18-16(14-22)9-7-13-21(17,18)5/h14-15,17-18H,6-13H2,1-5H3/t15-,17-,18+,21-/m1/s1. The first kappa shape index (κ1) is 20.0. The topological polar surface area (TPSA) is 26.3 Å². The number of carbonyl (C=O) groups is 1. The number of hydrogen-bond donors (Lipinski definition) is 0. The average Bonchev–Trinajstić information content (AvgIpc) is 2.82. The van der Waals surface area contributed by atoms with Crippen molar-refractivity contribution < 1.29 is 9.53 Å². The molecule has 0 aromatic heterocycles. The maximum atomic E-state index is 11.9. The summed E-state index contributed by atoms with van der Waals surface area (Å²) in [5, 5.41) is 0. The lowest BCUT2D eigenvalue weighted by Gasteiger charge is -2.44. The Labute approximate surface area is 156 Å². The monoisotopic (exact) mass is 398 g/mol. The van der Waals surface area contributed by atoms with Crippen molar-refractivity contribution in [3.8, 4) is 0 Å². The molecule has 0 amide bonds. The largest absolute Gasteiger partial charge is 0.460 e. The normalized spacial score (nSPS) is 33.3. The summed E-state index contributed by atoms with van der Waals surface area (Å²) in [7, 11) is 0. The van der Waals surface area contributed by atoms with Gasteiger partial charge in [0, 0.05) is 6.42 Å². The van der Waals surface area contributed by atoms with Crippen LogP contribution < -0.4 is 0 Å². The predicted molar refractivity (Wildman–Crippen MR) is 104 cm³/mol. The Bertz CT molecular complexity index is 477. The van der Waals surface area contributed by atoms with Gasteiger partial charge in [0.15, 0.2) is 0 Å². The summed E-state index contributed by atoms with van der Waals surface area (Å²) in [5.74, 6) is 2.21. The van der Waals surface area contributed by atoms with Gasteiger partial charge in [0.05, 0.1) is 0 Å². The van der Waals surface area contributed by atoms with E-state index < -0.39 is 0 Å². The van der Waals surface area contributed by atoms with Gasteiger partial charge in [0.2, 0.25) is 0 Å². The summed E-state index contributed by atoms with van der Waals surface area (Å²) < 4.78 is 5.43. The van der Waals surface area contributed by atoms with Crippen molar-refractivity contribution >= 4 is 21.9 Å². The Kier molecular flexibility index (Phi) is 6.61. The van der Waals surface area contributed by atoms with Crippen LogP contribution in [-0.4, -0.2) is 11.6 Å². The first-order valence-electron chi connectivity index (χ1n) is 9.68. The zero-order chi connectivity index (χ0) is 18.0. The quantitative estimate of drug-likeness (QED) is 0.485. The number of allylic oxidation sites excluding steroid dienone is 1. The van der Waals surface area contributed by atoms with E-state index in [2.05, 4.69) is 34.8 Å². The van der Waals surface area contributed by atoms with Gasteiger partial charge in [-0.05, 0) is 93.9 Å². The minimum absolute atomic E-state index is 0.0487. The van der Waals surface area contributed by atoms with Gasteiger partial charge in [-0.15, -0.1) is 0 Å². The first-order chi connectivity index (χ1) is 11.2. The maximum absolute atomic E-state index is 11.9. The van der Waals surface area contributed by atoms with E-state index in [1.54, 1.807) is 5.57 Å². The molecule has 4 atom stereocenters. The Morgan fingerprint density at radius 2 is 2.12 bits per heavy atom. The van der Waals surface area contributed by atoms with Crippen LogP contribution in [0.15, 0.2) is 10.6 Å². The molecule has 0 N–H and O–H groups in total. The predicted octanol–water partition coefficient (Wildman–Crippen LogP) is 6.63. The molecule has 0 aromatic rings. The molecule has 2 fully saturated rings. The Hall–Kier alpha value is -0.310. The van der Waals surface area contributed by atoms with Crippen molar-refractivity contribution in [1.82, 2.24) is 0 Å². The van der Waals surface area contributed by atoms with E-state index in [1.165, 1.54) is 32.1 Å². The summed E-state index contributed by atoms with van der Waals surface area (Å²) in [6.45, 7) is 10.7. The molecule has 0 unspecified atom stereocenters. The maximum Gasteiger partial charge on any atom is 0.306 e. The van der Waals surface area contributed by atoms with E-state index in [4.69, 9.17) is 4.74 Å². The SMILES string of the molecule is C[C@H](CCCC(=O)OC(C)(C)C)[C@H]1CC[C@H]2C(=CBr)CCC[C@]12C. The van der Waals surface area contributed by atoms with Gasteiger partial charge in [-0.3, -0.25) is 4.79 Å². The van der Waals surface area contributed by atoms with E-state index in [9.17, 15) is 4.79 Å². The molecule has 2 nitrogen and oxygen atoms in total. The molecule has 0 saturated heterocycles. The zero-order valence-corrected chi connectivity index (χ0v) is 17.7. The molecule has 0 radical (unpaired) electrons. The van der Waals surface area contributed by atoms with Crippen LogP contribution in [-0.2, 0) is 9.53 Å². The van der Waals surface area contributed by atoms with Crippen molar-refractivity contribution in [2.24, 2.45) is 23.2 Å². The van der Waals surface area contributed by atoms with Crippen LogP contribution in [0.4, 0.5) is 0 Å². The summed E-state index contributed by atoms with van der Waals surface area (Å²) in [6.07, 6.45) is 9.29. The van der Waals surface area contributed by atoms with Crippen LogP contribution in [0.3, 0.4) is 0 Å². The van der Waals surface area contributed by atoms with Crippen LogP contribution in [0.1, 0.15) is 86.0 Å². The summed E-state index contributed by atoms with van der Waals surface area (Å²) in [5.41, 5.74) is 1.73. The van der Waals surface area contributed by atoms with Gasteiger partial charge in [0.1, 0.15) is 5.60 Å². The van der Waals surface area contributed by atoms with Gasteiger partial charge >= 0.3 is 5.97 Å². The van der Waals surface area contributed by atoms with E-state index in [0.717, 1.165) is 24.7 Å². The van der Waals surface area contributed by atoms with Crippen molar-refractivity contribution in [3.05, 3.63) is 10.6 Å². The van der Waals surface area contributed by atoms with Gasteiger partial charge in [-0.25, -0.2) is 0 Å². The molecule has 3 heteroatoms. The highest BCUT2D eigenvalue weighted by atomic mass is 79.9. The number of halogens is 1. The van der Waals surface area contributed by atoms with Gasteiger partial charge in [0.25, 0.3) is 0 Å². The van der Waals surface area contributed by atoms with Gasteiger partial charge < -0.3 is 4.74 Å². The minimum atomic E-state index is -0.366. The fraction of sp³-hybridized carbons (Fsp3) is 0.857. The molecule has 0 aromatic carbocycles. The van der Waals surface area contributed by atoms with Crippen LogP contribution in [0.25, 0.3) is 0 Å². The van der Waals surface area contributed by atoms with E-state index in [-0.39, 0.29) is 11.6 Å². The van der Waals surface area contributed by atoms with Crippen LogP contribution in [0.5, 0.6) is 0 Å². The zero-order valence-electron chi connectivity index (χ0n) is 16.2. The van der Waals surface area contributed by atoms with E-state index >= 15 is 0 Å². The van der Waals surface area contributed by atoms with Crippen molar-refractivity contribution in [1.29, 1.82) is 0 Å². The molecule has 138 valence electrons. The Morgan fingerprint density at radius 1 is 1.42 bits per heavy atom. The summed E-state index contributed by atoms with van der Waals surface area (Å²) in [6, 6.07) is 0. The average molecular weight is 399 g/mol. The van der Waals surface area contributed by atoms with Crippen LogP contribution in [0, 0.1) is 23.2 Å². The molecule has 0 spiro atoms. The first-order valence-corrected chi connectivity index (χ1v) is 10.6. The highest BCUT2D eigenvalue weighted by Crippen LogP contribution is 2.59. The minimum Gasteiger partial charge on any atom is -0.460 e. The molecule has 2 aliphatic rings. The van der Waals surface area contributed by atoms with E-state index in [1.807, 2.05) is 20.8 Å².